The molecule has 2 atom stereocenters. The highest BCUT2D eigenvalue weighted by atomic mass is 79.9. The Morgan fingerprint density at radius 2 is 2.16 bits per heavy atom. The van der Waals surface area contributed by atoms with Crippen LogP contribution in [0.15, 0.2) is 18.2 Å². The smallest absolute Gasteiger partial charge is 0.255 e. The van der Waals surface area contributed by atoms with Crippen molar-refractivity contribution in [1.82, 2.24) is 5.32 Å². The van der Waals surface area contributed by atoms with Crippen LogP contribution in [0.1, 0.15) is 36.0 Å². The zero-order chi connectivity index (χ0) is 13.8. The number of aromatic hydroxyl groups is 2. The third-order valence-corrected chi connectivity index (χ3v) is 4.33. The summed E-state index contributed by atoms with van der Waals surface area (Å²) in [6.07, 6.45) is 4.55. The first-order chi connectivity index (χ1) is 9.06. The number of carbonyl (C=O) groups is 1. The predicted molar refractivity (Wildman–Crippen MR) is 76.8 cm³/mol. The Bertz CT molecular complexity index is 464. The summed E-state index contributed by atoms with van der Waals surface area (Å²) in [5, 5.41) is 21.8. The van der Waals surface area contributed by atoms with Crippen LogP contribution in [0.5, 0.6) is 11.5 Å². The summed E-state index contributed by atoms with van der Waals surface area (Å²) in [4.78, 5) is 12.5. The van der Waals surface area contributed by atoms with Crippen LogP contribution in [0, 0.1) is 5.92 Å². The molecule has 5 heteroatoms. The molecule has 19 heavy (non-hydrogen) atoms. The summed E-state index contributed by atoms with van der Waals surface area (Å²) >= 11 is 3.62. The largest absolute Gasteiger partial charge is 0.508 e. The van der Waals surface area contributed by atoms with Crippen LogP contribution < -0.4 is 5.32 Å². The molecule has 104 valence electrons. The Kier molecular flexibility index (Phi) is 4.69. The van der Waals surface area contributed by atoms with Gasteiger partial charge in [-0.3, -0.25) is 4.79 Å². The fourth-order valence-electron chi connectivity index (χ4n) is 2.45. The molecule has 0 aromatic heterocycles. The number of nitrogens with one attached hydrogen (secondary N) is 1. The molecule has 1 saturated carbocycles. The lowest BCUT2D eigenvalue weighted by molar-refractivity contribution is 0.0941. The lowest BCUT2D eigenvalue weighted by Gasteiger charge is -2.25. The molecule has 2 rings (SSSR count). The summed E-state index contributed by atoms with van der Waals surface area (Å²) < 4.78 is 0. The maximum Gasteiger partial charge on any atom is 0.255 e. The number of phenolic OH excluding ortho intramolecular Hbond substituents is 2. The second-order valence-corrected chi connectivity index (χ2v) is 6.34. The average Bonchev–Trinajstić information content (AvgIpc) is 2.39. The number of halogens is 1. The van der Waals surface area contributed by atoms with Gasteiger partial charge in [0.1, 0.15) is 11.5 Å². The molecular weight excluding hydrogens is 310 g/mol. The van der Waals surface area contributed by atoms with Gasteiger partial charge < -0.3 is 15.5 Å². The van der Waals surface area contributed by atoms with Crippen molar-refractivity contribution < 1.29 is 15.0 Å². The van der Waals surface area contributed by atoms with Gasteiger partial charge in [0, 0.05) is 11.4 Å². The Morgan fingerprint density at radius 3 is 2.89 bits per heavy atom. The van der Waals surface area contributed by atoms with Crippen molar-refractivity contribution in [2.24, 2.45) is 5.92 Å². The molecule has 1 fully saturated rings. The zero-order valence-corrected chi connectivity index (χ0v) is 12.2. The summed E-state index contributed by atoms with van der Waals surface area (Å²) in [6, 6.07) is 3.95. The molecule has 0 aliphatic heterocycles. The summed E-state index contributed by atoms with van der Waals surface area (Å²) in [5.41, 5.74) is 0.117. The minimum absolute atomic E-state index is 0.0267. The molecule has 3 N–H and O–H groups in total. The summed E-state index contributed by atoms with van der Waals surface area (Å²) in [7, 11) is 0. The first kappa shape index (κ1) is 14.2. The van der Waals surface area contributed by atoms with E-state index >= 15 is 0 Å². The molecule has 1 aromatic rings. The van der Waals surface area contributed by atoms with E-state index in [0.717, 1.165) is 12.8 Å². The summed E-state index contributed by atoms with van der Waals surface area (Å²) in [6.45, 7) is 0.607. The number of hydrogen-bond donors (Lipinski definition) is 3. The first-order valence-corrected chi connectivity index (χ1v) is 7.42. The zero-order valence-electron chi connectivity index (χ0n) is 10.6. The maximum atomic E-state index is 11.9. The van der Waals surface area contributed by atoms with Gasteiger partial charge in [-0.25, -0.2) is 0 Å². The Hall–Kier alpha value is -1.23. The van der Waals surface area contributed by atoms with E-state index in [2.05, 4.69) is 21.2 Å². The van der Waals surface area contributed by atoms with E-state index in [1.165, 1.54) is 31.0 Å². The minimum Gasteiger partial charge on any atom is -0.508 e. The highest BCUT2D eigenvalue weighted by Crippen LogP contribution is 2.28. The number of rotatable bonds is 3. The molecule has 4 nitrogen and oxygen atoms in total. The van der Waals surface area contributed by atoms with E-state index in [0.29, 0.717) is 17.3 Å². The van der Waals surface area contributed by atoms with Gasteiger partial charge in [0.25, 0.3) is 5.91 Å². The fourth-order valence-corrected chi connectivity index (χ4v) is 3.30. The van der Waals surface area contributed by atoms with E-state index in [1.807, 2.05) is 0 Å². The van der Waals surface area contributed by atoms with Gasteiger partial charge >= 0.3 is 0 Å². The molecule has 2 unspecified atom stereocenters. The van der Waals surface area contributed by atoms with Crippen molar-refractivity contribution in [3.8, 4) is 11.5 Å². The second-order valence-electron chi connectivity index (χ2n) is 5.04. The van der Waals surface area contributed by atoms with E-state index in [4.69, 9.17) is 0 Å². The van der Waals surface area contributed by atoms with E-state index in [1.54, 1.807) is 0 Å². The van der Waals surface area contributed by atoms with Crippen LogP contribution in [0.4, 0.5) is 0 Å². The van der Waals surface area contributed by atoms with Crippen LogP contribution in [0.25, 0.3) is 0 Å². The standard InChI is InChI=1S/C14H18BrNO3/c15-10-3-1-2-9(6-10)8-16-14(19)12-7-11(17)4-5-13(12)18/h4-5,7,9-10,17-18H,1-3,6,8H2,(H,16,19). The molecule has 0 spiro atoms. The SMILES string of the molecule is O=C(NCC1CCCC(Br)C1)c1cc(O)ccc1O. The number of benzene rings is 1. The minimum atomic E-state index is -0.343. The van der Waals surface area contributed by atoms with Crippen molar-refractivity contribution >= 4 is 21.8 Å². The van der Waals surface area contributed by atoms with Gasteiger partial charge in [-0.05, 0) is 43.4 Å². The second kappa shape index (κ2) is 6.28. The van der Waals surface area contributed by atoms with Crippen LogP contribution >= 0.6 is 15.9 Å². The average molecular weight is 328 g/mol. The molecule has 1 amide bonds. The van der Waals surface area contributed by atoms with Crippen molar-refractivity contribution in [2.45, 2.75) is 30.5 Å². The molecule has 1 aliphatic rings. The van der Waals surface area contributed by atoms with Gasteiger partial charge in [-0.2, -0.15) is 0 Å². The van der Waals surface area contributed by atoms with E-state index in [-0.39, 0.29) is 23.0 Å². The Labute approximate surface area is 121 Å². The van der Waals surface area contributed by atoms with Gasteiger partial charge in [0.2, 0.25) is 0 Å². The summed E-state index contributed by atoms with van der Waals surface area (Å²) in [5.74, 6) is -0.00919. The van der Waals surface area contributed by atoms with Gasteiger partial charge in [0.05, 0.1) is 5.56 Å². The highest BCUT2D eigenvalue weighted by molar-refractivity contribution is 9.09. The highest BCUT2D eigenvalue weighted by Gasteiger charge is 2.21. The fraction of sp³-hybridized carbons (Fsp3) is 0.500. The molecule has 0 radical (unpaired) electrons. The van der Waals surface area contributed by atoms with Crippen LogP contribution in [0.3, 0.4) is 0 Å². The Balaban J connectivity index is 1.92. The monoisotopic (exact) mass is 327 g/mol. The third kappa shape index (κ3) is 3.86. The lowest BCUT2D eigenvalue weighted by atomic mass is 9.89. The maximum absolute atomic E-state index is 11.9. The third-order valence-electron chi connectivity index (χ3n) is 3.49. The van der Waals surface area contributed by atoms with Crippen LogP contribution in [-0.2, 0) is 0 Å². The number of alkyl halides is 1. The molecule has 0 heterocycles. The number of hydrogen-bond acceptors (Lipinski definition) is 3. The van der Waals surface area contributed by atoms with Gasteiger partial charge in [-0.15, -0.1) is 0 Å². The number of phenols is 2. The molecule has 0 saturated heterocycles. The van der Waals surface area contributed by atoms with Gasteiger partial charge in [-0.1, -0.05) is 22.4 Å². The van der Waals surface area contributed by atoms with Crippen molar-refractivity contribution in [3.63, 3.8) is 0 Å². The van der Waals surface area contributed by atoms with Crippen molar-refractivity contribution in [2.75, 3.05) is 6.54 Å². The van der Waals surface area contributed by atoms with Crippen LogP contribution in [-0.4, -0.2) is 27.5 Å². The van der Waals surface area contributed by atoms with Crippen LogP contribution in [0.2, 0.25) is 0 Å². The predicted octanol–water partition coefficient (Wildman–Crippen LogP) is 2.78. The molecule has 0 bridgehead atoms. The topological polar surface area (TPSA) is 69.6 Å². The van der Waals surface area contributed by atoms with Crippen molar-refractivity contribution in [3.05, 3.63) is 23.8 Å². The normalized spacial score (nSPS) is 23.0. The number of amides is 1. The molecule has 1 aliphatic carbocycles. The van der Waals surface area contributed by atoms with Gasteiger partial charge in [0.15, 0.2) is 0 Å². The van der Waals surface area contributed by atoms with Crippen molar-refractivity contribution in [1.29, 1.82) is 0 Å². The van der Waals surface area contributed by atoms with E-state index in [9.17, 15) is 15.0 Å². The quantitative estimate of drug-likeness (QED) is 0.590. The molecular formula is C14H18BrNO3. The van der Waals surface area contributed by atoms with E-state index < -0.39 is 0 Å². The first-order valence-electron chi connectivity index (χ1n) is 6.50. The lowest BCUT2D eigenvalue weighted by Crippen LogP contribution is -2.32. The Morgan fingerprint density at radius 1 is 1.37 bits per heavy atom. The molecule has 1 aromatic carbocycles. The number of carbonyl (C=O) groups excluding carboxylic acids is 1.